The standard InChI is InChI=1S/C24H32FN3O4S/c1-17-11-13-20(14-12-17)33(31,32)27(6)16-22(29)28(15-19-9-7-8-10-21(19)25)18(2)23(30)26-24(3,4)5/h7-14,18H,15-16H2,1-6H3,(H,26,30). The van der Waals surface area contributed by atoms with Crippen molar-refractivity contribution < 1.29 is 22.4 Å². The predicted octanol–water partition coefficient (Wildman–Crippen LogP) is 3.09. The number of carbonyl (C=O) groups is 2. The molecule has 1 unspecified atom stereocenters. The summed E-state index contributed by atoms with van der Waals surface area (Å²) in [5.74, 6) is -1.55. The van der Waals surface area contributed by atoms with Crippen LogP contribution < -0.4 is 5.32 Å². The maximum Gasteiger partial charge on any atom is 0.243 e. The zero-order chi connectivity index (χ0) is 25.0. The van der Waals surface area contributed by atoms with Crippen molar-refractivity contribution in [1.82, 2.24) is 14.5 Å². The molecule has 0 fully saturated rings. The van der Waals surface area contributed by atoms with Gasteiger partial charge in [0.2, 0.25) is 21.8 Å². The van der Waals surface area contributed by atoms with E-state index in [-0.39, 0.29) is 17.0 Å². The van der Waals surface area contributed by atoms with E-state index >= 15 is 0 Å². The van der Waals surface area contributed by atoms with Crippen molar-refractivity contribution >= 4 is 21.8 Å². The van der Waals surface area contributed by atoms with E-state index in [1.165, 1.54) is 49.2 Å². The minimum Gasteiger partial charge on any atom is -0.350 e. The number of likely N-dealkylation sites (N-methyl/N-ethyl adjacent to an activating group) is 1. The SMILES string of the molecule is Cc1ccc(S(=O)(=O)N(C)CC(=O)N(Cc2ccccc2F)C(C)C(=O)NC(C)(C)C)cc1. The Morgan fingerprint density at radius 2 is 1.64 bits per heavy atom. The zero-order valence-electron chi connectivity index (χ0n) is 19.9. The van der Waals surface area contributed by atoms with Gasteiger partial charge in [-0.3, -0.25) is 9.59 Å². The van der Waals surface area contributed by atoms with Crippen molar-refractivity contribution in [3.63, 3.8) is 0 Å². The first-order valence-corrected chi connectivity index (χ1v) is 12.0. The number of halogens is 1. The molecule has 1 N–H and O–H groups in total. The number of benzene rings is 2. The van der Waals surface area contributed by atoms with Gasteiger partial charge in [0.15, 0.2) is 0 Å². The molecule has 2 aromatic rings. The second kappa shape index (κ2) is 10.4. The van der Waals surface area contributed by atoms with Crippen LogP contribution in [0.5, 0.6) is 0 Å². The molecule has 2 amide bonds. The molecule has 0 radical (unpaired) electrons. The fourth-order valence-corrected chi connectivity index (χ4v) is 4.24. The molecule has 9 heteroatoms. The first-order chi connectivity index (χ1) is 15.2. The molecular formula is C24H32FN3O4S. The van der Waals surface area contributed by atoms with Crippen molar-refractivity contribution in [3.05, 3.63) is 65.5 Å². The number of nitrogens with one attached hydrogen (secondary N) is 1. The normalized spacial score (nSPS) is 13.0. The first kappa shape index (κ1) is 26.5. The summed E-state index contributed by atoms with van der Waals surface area (Å²) in [4.78, 5) is 27.3. The van der Waals surface area contributed by atoms with Gasteiger partial charge in [0.05, 0.1) is 11.4 Å². The molecule has 2 rings (SSSR count). The van der Waals surface area contributed by atoms with Gasteiger partial charge in [0, 0.05) is 24.7 Å². The molecule has 0 bridgehead atoms. The van der Waals surface area contributed by atoms with Gasteiger partial charge >= 0.3 is 0 Å². The van der Waals surface area contributed by atoms with Gasteiger partial charge in [0.1, 0.15) is 11.9 Å². The van der Waals surface area contributed by atoms with E-state index in [0.29, 0.717) is 0 Å². The third kappa shape index (κ3) is 7.10. The number of amides is 2. The lowest BCUT2D eigenvalue weighted by atomic mass is 10.1. The molecule has 33 heavy (non-hydrogen) atoms. The smallest absolute Gasteiger partial charge is 0.243 e. The highest BCUT2D eigenvalue weighted by atomic mass is 32.2. The predicted molar refractivity (Wildman–Crippen MR) is 125 cm³/mol. The summed E-state index contributed by atoms with van der Waals surface area (Å²) >= 11 is 0. The molecule has 0 aromatic heterocycles. The van der Waals surface area contributed by atoms with Gasteiger partial charge in [-0.1, -0.05) is 35.9 Å². The molecule has 7 nitrogen and oxygen atoms in total. The van der Waals surface area contributed by atoms with Crippen molar-refractivity contribution in [2.24, 2.45) is 0 Å². The Morgan fingerprint density at radius 3 is 2.18 bits per heavy atom. The number of carbonyl (C=O) groups excluding carboxylic acids is 2. The van der Waals surface area contributed by atoms with E-state index in [4.69, 9.17) is 0 Å². The topological polar surface area (TPSA) is 86.8 Å². The second-order valence-corrected chi connectivity index (χ2v) is 11.1. The van der Waals surface area contributed by atoms with Gasteiger partial charge in [-0.05, 0) is 52.8 Å². The molecule has 0 saturated heterocycles. The fourth-order valence-electron chi connectivity index (χ4n) is 3.12. The lowest BCUT2D eigenvalue weighted by molar-refractivity contribution is -0.141. The Bertz CT molecular complexity index is 1100. The van der Waals surface area contributed by atoms with E-state index in [9.17, 15) is 22.4 Å². The Labute approximate surface area is 195 Å². The van der Waals surface area contributed by atoms with Gasteiger partial charge in [-0.2, -0.15) is 4.31 Å². The van der Waals surface area contributed by atoms with Crippen LogP contribution in [0.3, 0.4) is 0 Å². The Morgan fingerprint density at radius 1 is 1.06 bits per heavy atom. The molecule has 0 saturated carbocycles. The third-order valence-corrected chi connectivity index (χ3v) is 6.87. The highest BCUT2D eigenvalue weighted by Gasteiger charge is 2.31. The fraction of sp³-hybridized carbons (Fsp3) is 0.417. The Kier molecular flexibility index (Phi) is 8.37. The molecule has 1 atom stereocenters. The Hall–Kier alpha value is -2.78. The van der Waals surface area contributed by atoms with E-state index < -0.39 is 45.8 Å². The van der Waals surface area contributed by atoms with Gasteiger partial charge < -0.3 is 10.2 Å². The van der Waals surface area contributed by atoms with Crippen LogP contribution >= 0.6 is 0 Å². The van der Waals surface area contributed by atoms with Crippen molar-refractivity contribution in [3.8, 4) is 0 Å². The van der Waals surface area contributed by atoms with Gasteiger partial charge in [-0.15, -0.1) is 0 Å². The van der Waals surface area contributed by atoms with Crippen molar-refractivity contribution in [2.45, 2.75) is 57.6 Å². The largest absolute Gasteiger partial charge is 0.350 e. The summed E-state index contributed by atoms with van der Waals surface area (Å²) in [5, 5.41) is 2.81. The number of nitrogens with zero attached hydrogens (tertiary/aromatic N) is 2. The van der Waals surface area contributed by atoms with Crippen LogP contribution in [-0.4, -0.2) is 54.6 Å². The van der Waals surface area contributed by atoms with Crippen LogP contribution in [0.25, 0.3) is 0 Å². The summed E-state index contributed by atoms with van der Waals surface area (Å²) in [6, 6.07) is 11.3. The van der Waals surface area contributed by atoms with Gasteiger partial charge in [0.25, 0.3) is 0 Å². The maximum atomic E-state index is 14.3. The molecule has 0 heterocycles. The third-order valence-electron chi connectivity index (χ3n) is 5.05. The van der Waals surface area contributed by atoms with E-state index in [2.05, 4.69) is 5.32 Å². The summed E-state index contributed by atoms with van der Waals surface area (Å²) in [7, 11) is -2.63. The van der Waals surface area contributed by atoms with Crippen LogP contribution in [0.2, 0.25) is 0 Å². The van der Waals surface area contributed by atoms with E-state index in [0.717, 1.165) is 9.87 Å². The quantitative estimate of drug-likeness (QED) is 0.633. The van der Waals surface area contributed by atoms with Crippen LogP contribution in [0.4, 0.5) is 4.39 Å². The van der Waals surface area contributed by atoms with Crippen LogP contribution in [0.1, 0.15) is 38.8 Å². The molecule has 0 aliphatic heterocycles. The lowest BCUT2D eigenvalue weighted by Crippen LogP contribution is -2.54. The lowest BCUT2D eigenvalue weighted by Gasteiger charge is -2.32. The van der Waals surface area contributed by atoms with Gasteiger partial charge in [-0.25, -0.2) is 12.8 Å². The molecule has 0 aliphatic rings. The van der Waals surface area contributed by atoms with Crippen molar-refractivity contribution in [2.75, 3.05) is 13.6 Å². The number of hydrogen-bond acceptors (Lipinski definition) is 4. The highest BCUT2D eigenvalue weighted by molar-refractivity contribution is 7.89. The minimum atomic E-state index is -3.93. The maximum absolute atomic E-state index is 14.3. The number of sulfonamides is 1. The number of rotatable bonds is 8. The second-order valence-electron chi connectivity index (χ2n) is 9.10. The monoisotopic (exact) mass is 477 g/mol. The zero-order valence-corrected chi connectivity index (χ0v) is 20.7. The van der Waals surface area contributed by atoms with E-state index in [1.807, 2.05) is 27.7 Å². The summed E-state index contributed by atoms with van der Waals surface area (Å²) in [6.07, 6.45) is 0. The molecule has 2 aromatic carbocycles. The van der Waals surface area contributed by atoms with Crippen LogP contribution in [0.15, 0.2) is 53.4 Å². The first-order valence-electron chi connectivity index (χ1n) is 10.6. The summed E-state index contributed by atoms with van der Waals surface area (Å²) in [6.45, 7) is 8.12. The minimum absolute atomic E-state index is 0.0579. The molecule has 0 aliphatic carbocycles. The van der Waals surface area contributed by atoms with Crippen LogP contribution in [0, 0.1) is 12.7 Å². The highest BCUT2D eigenvalue weighted by Crippen LogP contribution is 2.18. The molecule has 0 spiro atoms. The summed E-state index contributed by atoms with van der Waals surface area (Å²) in [5.41, 5.74) is 0.594. The average Bonchev–Trinajstić information content (AvgIpc) is 2.71. The molecular weight excluding hydrogens is 445 g/mol. The van der Waals surface area contributed by atoms with Crippen molar-refractivity contribution in [1.29, 1.82) is 0 Å². The van der Waals surface area contributed by atoms with Crippen LogP contribution in [-0.2, 0) is 26.2 Å². The summed E-state index contributed by atoms with van der Waals surface area (Å²) < 4.78 is 41.1. The number of hydrogen-bond donors (Lipinski definition) is 1. The Balaban J connectivity index is 2.31. The molecule has 180 valence electrons. The van der Waals surface area contributed by atoms with E-state index in [1.54, 1.807) is 18.2 Å². The number of aryl methyl sites for hydroxylation is 1. The average molecular weight is 478 g/mol.